The van der Waals surface area contributed by atoms with Crippen molar-refractivity contribution in [1.82, 2.24) is 0 Å². The van der Waals surface area contributed by atoms with Crippen LogP contribution in [0, 0.1) is 34.5 Å². The molecule has 4 nitrogen and oxygen atoms in total. The summed E-state index contributed by atoms with van der Waals surface area (Å²) in [5.74, 6) is -0.0730. The number of fused-ring (bicyclic) bond motifs is 5. The van der Waals surface area contributed by atoms with Crippen molar-refractivity contribution in [3.8, 4) is 0 Å². The molecule has 0 spiro atoms. The van der Waals surface area contributed by atoms with Crippen LogP contribution in [0.2, 0.25) is 0 Å². The summed E-state index contributed by atoms with van der Waals surface area (Å²) in [7, 11) is 0. The smallest absolute Gasteiger partial charge is 0.0861 e. The Kier molecular flexibility index (Phi) is 6.87. The molecule has 0 bridgehead atoms. The predicted octanol–water partition coefficient (Wildman–Crippen LogP) is 5.32. The minimum Gasteiger partial charge on any atom is -0.390 e. The highest BCUT2D eigenvalue weighted by atomic mass is 16.5. The number of aliphatic hydroxyl groups is 3. The van der Waals surface area contributed by atoms with Crippen LogP contribution in [-0.4, -0.2) is 46.3 Å². The molecule has 1 aromatic rings. The predicted molar refractivity (Wildman–Crippen MR) is 144 cm³/mol. The Morgan fingerprint density at radius 2 is 1.89 bits per heavy atom. The van der Waals surface area contributed by atoms with Crippen LogP contribution >= 0.6 is 0 Å². The maximum atomic E-state index is 11.8. The van der Waals surface area contributed by atoms with Gasteiger partial charge in [-0.3, -0.25) is 0 Å². The van der Waals surface area contributed by atoms with Gasteiger partial charge in [0.05, 0.1) is 31.0 Å². The topological polar surface area (TPSA) is 69.9 Å². The van der Waals surface area contributed by atoms with E-state index >= 15 is 0 Å². The lowest BCUT2D eigenvalue weighted by atomic mass is 9.40. The van der Waals surface area contributed by atoms with Gasteiger partial charge in [0.15, 0.2) is 0 Å². The Bertz CT molecular complexity index is 1060. The van der Waals surface area contributed by atoms with E-state index in [4.69, 9.17) is 4.74 Å². The number of hydrogen-bond donors (Lipinski definition) is 3. The lowest BCUT2D eigenvalue weighted by molar-refractivity contribution is -0.248. The van der Waals surface area contributed by atoms with Gasteiger partial charge >= 0.3 is 0 Å². The summed E-state index contributed by atoms with van der Waals surface area (Å²) in [6.07, 6.45) is 8.13. The first kappa shape index (κ1) is 25.9. The number of hydrogen-bond acceptors (Lipinski definition) is 4. The molecule has 10 atom stereocenters. The minimum atomic E-state index is -0.926. The largest absolute Gasteiger partial charge is 0.390 e. The molecular weight excluding hydrogens is 448 g/mol. The summed E-state index contributed by atoms with van der Waals surface area (Å²) in [6, 6.07) is 8.38. The number of aliphatic hydroxyl groups excluding tert-OH is 3. The van der Waals surface area contributed by atoms with Crippen molar-refractivity contribution >= 4 is 5.57 Å². The van der Waals surface area contributed by atoms with Gasteiger partial charge in [-0.05, 0) is 73.0 Å². The van der Waals surface area contributed by atoms with Crippen LogP contribution in [0.5, 0.6) is 0 Å². The second kappa shape index (κ2) is 9.54. The van der Waals surface area contributed by atoms with Gasteiger partial charge < -0.3 is 20.1 Å². The third-order valence-corrected chi connectivity index (χ3v) is 10.6. The molecule has 3 aliphatic carbocycles. The van der Waals surface area contributed by atoms with Gasteiger partial charge in [-0.1, -0.05) is 75.4 Å². The fraction of sp³-hybridized carbons (Fsp3) is 0.625. The van der Waals surface area contributed by atoms with E-state index in [-0.39, 0.29) is 29.3 Å². The fourth-order valence-electron chi connectivity index (χ4n) is 8.79. The van der Waals surface area contributed by atoms with Crippen LogP contribution in [0.4, 0.5) is 0 Å². The minimum absolute atomic E-state index is 0.0552. The summed E-state index contributed by atoms with van der Waals surface area (Å²) in [4.78, 5) is 0. The van der Waals surface area contributed by atoms with Crippen LogP contribution in [0.25, 0.3) is 5.57 Å². The molecule has 1 aromatic carbocycles. The molecule has 0 saturated heterocycles. The molecule has 0 radical (unpaired) electrons. The van der Waals surface area contributed by atoms with Gasteiger partial charge in [0.2, 0.25) is 0 Å². The second-order valence-corrected chi connectivity index (χ2v) is 12.4. The van der Waals surface area contributed by atoms with E-state index in [9.17, 15) is 15.3 Å². The molecule has 5 rings (SSSR count). The fourth-order valence-corrected chi connectivity index (χ4v) is 8.79. The van der Waals surface area contributed by atoms with E-state index in [0.29, 0.717) is 18.9 Å². The van der Waals surface area contributed by atoms with Gasteiger partial charge in [-0.25, -0.2) is 0 Å². The molecule has 1 aliphatic heterocycles. The molecule has 1 heterocycles. The Hall–Kier alpha value is -1.72. The standard InChI is InChI=1S/C32H44O4/c1-6-21-10-7-8-11-23(21)20(3)18-25-27-24(12-9-15-36-25)31(4)14-13-22-16-19(2)17-26(33)32(22,5)30(31)29(35)28(27)34/h7-12,17,22,24-30,33-35H,3,6,13-16,18H2,1-2,4-5H3. The molecule has 36 heavy (non-hydrogen) atoms. The molecule has 0 aromatic heterocycles. The Balaban J connectivity index is 1.51. The first-order valence-corrected chi connectivity index (χ1v) is 13.9. The number of rotatable bonds is 4. The molecule has 3 N–H and O–H groups in total. The SMILES string of the molecule is C=C(CC1OCC=CC2C1C(O)C(O)C1C2(C)CCC2CC(C)=CC(O)C21C)c1ccccc1CC. The molecule has 0 amide bonds. The lowest BCUT2D eigenvalue weighted by Crippen LogP contribution is -2.68. The quantitative estimate of drug-likeness (QED) is 0.497. The molecule has 196 valence electrons. The molecule has 10 unspecified atom stereocenters. The second-order valence-electron chi connectivity index (χ2n) is 12.4. The van der Waals surface area contributed by atoms with Crippen molar-refractivity contribution < 1.29 is 20.1 Å². The van der Waals surface area contributed by atoms with Crippen molar-refractivity contribution in [2.75, 3.05) is 6.61 Å². The summed E-state index contributed by atoms with van der Waals surface area (Å²) in [5.41, 5.74) is 3.95. The van der Waals surface area contributed by atoms with Crippen molar-refractivity contribution in [3.05, 3.63) is 65.8 Å². The first-order chi connectivity index (χ1) is 17.1. The van der Waals surface area contributed by atoms with Gasteiger partial charge in [0.1, 0.15) is 0 Å². The number of ether oxygens (including phenoxy) is 1. The average molecular weight is 493 g/mol. The van der Waals surface area contributed by atoms with E-state index in [1.165, 1.54) is 11.1 Å². The Labute approximate surface area is 216 Å². The zero-order valence-electron chi connectivity index (χ0n) is 22.4. The first-order valence-electron chi connectivity index (χ1n) is 13.9. The van der Waals surface area contributed by atoms with Crippen molar-refractivity contribution in [2.45, 2.75) is 84.2 Å². The third-order valence-electron chi connectivity index (χ3n) is 10.6. The summed E-state index contributed by atoms with van der Waals surface area (Å²) in [6.45, 7) is 13.6. The number of aryl methyl sites for hydroxylation is 1. The highest BCUT2D eigenvalue weighted by molar-refractivity contribution is 5.66. The zero-order chi connectivity index (χ0) is 25.8. The highest BCUT2D eigenvalue weighted by Gasteiger charge is 2.67. The van der Waals surface area contributed by atoms with Gasteiger partial charge in [0, 0.05) is 17.3 Å². The molecule has 4 heteroatoms. The van der Waals surface area contributed by atoms with Gasteiger partial charge in [-0.15, -0.1) is 0 Å². The average Bonchev–Trinajstić information content (AvgIpc) is 3.07. The van der Waals surface area contributed by atoms with E-state index in [0.717, 1.165) is 36.8 Å². The third kappa shape index (κ3) is 3.88. The van der Waals surface area contributed by atoms with Crippen LogP contribution in [0.1, 0.15) is 64.5 Å². The summed E-state index contributed by atoms with van der Waals surface area (Å²) in [5, 5.41) is 34.9. The van der Waals surface area contributed by atoms with E-state index in [1.807, 2.05) is 12.1 Å². The molecule has 2 fully saturated rings. The van der Waals surface area contributed by atoms with E-state index in [2.05, 4.69) is 64.6 Å². The van der Waals surface area contributed by atoms with Gasteiger partial charge in [0.25, 0.3) is 0 Å². The van der Waals surface area contributed by atoms with Gasteiger partial charge in [-0.2, -0.15) is 0 Å². The maximum Gasteiger partial charge on any atom is 0.0861 e. The normalized spacial score (nSPS) is 44.0. The Morgan fingerprint density at radius 3 is 2.64 bits per heavy atom. The van der Waals surface area contributed by atoms with Crippen molar-refractivity contribution in [1.29, 1.82) is 0 Å². The molecule has 4 aliphatic rings. The Morgan fingerprint density at radius 1 is 1.14 bits per heavy atom. The van der Waals surface area contributed by atoms with Crippen LogP contribution in [0.15, 0.2) is 54.6 Å². The molecular formula is C32H44O4. The highest BCUT2D eigenvalue weighted by Crippen LogP contribution is 2.67. The summed E-state index contributed by atoms with van der Waals surface area (Å²) >= 11 is 0. The summed E-state index contributed by atoms with van der Waals surface area (Å²) < 4.78 is 6.37. The lowest BCUT2D eigenvalue weighted by Gasteiger charge is -2.66. The number of allylic oxidation sites excluding steroid dienone is 2. The maximum absolute atomic E-state index is 11.8. The molecule has 2 saturated carbocycles. The monoisotopic (exact) mass is 492 g/mol. The van der Waals surface area contributed by atoms with Crippen LogP contribution < -0.4 is 0 Å². The van der Waals surface area contributed by atoms with Crippen molar-refractivity contribution in [2.24, 2.45) is 34.5 Å². The van der Waals surface area contributed by atoms with Crippen molar-refractivity contribution in [3.63, 3.8) is 0 Å². The zero-order valence-corrected chi connectivity index (χ0v) is 22.4. The van der Waals surface area contributed by atoms with E-state index < -0.39 is 23.7 Å². The van der Waals surface area contributed by atoms with Crippen LogP contribution in [-0.2, 0) is 11.2 Å². The number of benzene rings is 1. The van der Waals surface area contributed by atoms with Crippen LogP contribution in [0.3, 0.4) is 0 Å². The van der Waals surface area contributed by atoms with E-state index in [1.54, 1.807) is 0 Å².